The van der Waals surface area contributed by atoms with Crippen LogP contribution in [0.25, 0.3) is 5.65 Å². The zero-order chi connectivity index (χ0) is 23.6. The van der Waals surface area contributed by atoms with Crippen molar-refractivity contribution in [2.24, 2.45) is 5.73 Å². The number of primary amides is 1. The molecule has 0 saturated carbocycles. The molecule has 4 aromatic rings. The summed E-state index contributed by atoms with van der Waals surface area (Å²) in [6.45, 7) is 5.59. The lowest BCUT2D eigenvalue weighted by atomic mass is 9.86. The summed E-state index contributed by atoms with van der Waals surface area (Å²) in [6, 6.07) is 5.73. The number of carbonyl (C=O) groups is 2. The number of aromatic nitrogens is 6. The van der Waals surface area contributed by atoms with Crippen molar-refractivity contribution in [3.8, 4) is 0 Å². The Balaban J connectivity index is 1.28. The molecule has 6 rings (SSSR count). The van der Waals surface area contributed by atoms with E-state index in [1.165, 1.54) is 0 Å². The second kappa shape index (κ2) is 7.01. The molecule has 2 aliphatic rings. The Hall–Kier alpha value is -4.48. The van der Waals surface area contributed by atoms with Gasteiger partial charge in [-0.15, -0.1) is 5.10 Å². The molecule has 5 heterocycles. The molecule has 0 fully saturated rings. The molecule has 3 aromatic heterocycles. The molecule has 0 bridgehead atoms. The van der Waals surface area contributed by atoms with E-state index in [4.69, 9.17) is 5.73 Å². The van der Waals surface area contributed by atoms with Crippen molar-refractivity contribution in [3.05, 3.63) is 53.9 Å². The Bertz CT molecular complexity index is 1480. The largest absolute Gasteiger partial charge is 0.364 e. The van der Waals surface area contributed by atoms with Crippen LogP contribution >= 0.6 is 0 Å². The third-order valence-corrected chi connectivity index (χ3v) is 6.36. The summed E-state index contributed by atoms with van der Waals surface area (Å²) >= 11 is 0. The molecule has 0 atom stereocenters. The second-order valence-corrected chi connectivity index (χ2v) is 8.94. The van der Waals surface area contributed by atoms with Gasteiger partial charge >= 0.3 is 0 Å². The van der Waals surface area contributed by atoms with Crippen molar-refractivity contribution < 1.29 is 9.59 Å². The maximum absolute atomic E-state index is 12.2. The number of nitrogens with one attached hydrogen (secondary N) is 2. The molecule has 0 saturated heterocycles. The smallest absolute Gasteiger partial charge is 0.268 e. The molecule has 12 nitrogen and oxygen atoms in total. The topological polar surface area (TPSA) is 148 Å². The van der Waals surface area contributed by atoms with Crippen LogP contribution in [-0.4, -0.2) is 47.5 Å². The van der Waals surface area contributed by atoms with E-state index >= 15 is 0 Å². The third-order valence-electron chi connectivity index (χ3n) is 6.36. The summed E-state index contributed by atoms with van der Waals surface area (Å²) < 4.78 is 3.60. The van der Waals surface area contributed by atoms with E-state index in [2.05, 4.69) is 30.7 Å². The zero-order valence-corrected chi connectivity index (χ0v) is 18.6. The summed E-state index contributed by atoms with van der Waals surface area (Å²) in [4.78, 5) is 39.3. The highest BCUT2D eigenvalue weighted by Gasteiger charge is 2.38. The lowest BCUT2D eigenvalue weighted by molar-refractivity contribution is -0.119. The van der Waals surface area contributed by atoms with E-state index in [9.17, 15) is 9.59 Å². The van der Waals surface area contributed by atoms with Gasteiger partial charge in [0.05, 0.1) is 12.0 Å². The number of fused-ring (bicyclic) bond motifs is 3. The van der Waals surface area contributed by atoms with Crippen molar-refractivity contribution in [2.45, 2.75) is 32.4 Å². The molecule has 0 spiro atoms. The van der Waals surface area contributed by atoms with Crippen LogP contribution in [0, 0.1) is 0 Å². The quantitative estimate of drug-likeness (QED) is 0.416. The fourth-order valence-electron chi connectivity index (χ4n) is 4.43. The first kappa shape index (κ1) is 20.1. The Morgan fingerprint density at radius 2 is 2.09 bits per heavy atom. The van der Waals surface area contributed by atoms with Gasteiger partial charge in [-0.2, -0.15) is 4.98 Å². The van der Waals surface area contributed by atoms with Crippen LogP contribution in [-0.2, 0) is 23.3 Å². The summed E-state index contributed by atoms with van der Waals surface area (Å²) in [5, 5.41) is 10.7. The number of nitrogens with two attached hydrogens (primary N) is 1. The Kier molecular flexibility index (Phi) is 4.15. The molecule has 4 N–H and O–H groups in total. The van der Waals surface area contributed by atoms with Crippen LogP contribution in [0.5, 0.6) is 0 Å². The predicted octanol–water partition coefficient (Wildman–Crippen LogP) is 1.41. The van der Waals surface area contributed by atoms with Gasteiger partial charge in [0.2, 0.25) is 11.9 Å². The minimum Gasteiger partial charge on any atom is -0.364 e. The Morgan fingerprint density at radius 1 is 1.24 bits per heavy atom. The molecule has 0 aliphatic carbocycles. The monoisotopic (exact) mass is 458 g/mol. The lowest BCUT2D eigenvalue weighted by Crippen LogP contribution is -2.34. The highest BCUT2D eigenvalue weighted by atomic mass is 16.2. The molecule has 12 heteroatoms. The van der Waals surface area contributed by atoms with Crippen LogP contribution < -0.4 is 21.3 Å². The summed E-state index contributed by atoms with van der Waals surface area (Å²) in [7, 11) is 0. The summed E-state index contributed by atoms with van der Waals surface area (Å²) in [6.07, 6.45) is 5.09. The first-order chi connectivity index (χ1) is 16.3. The van der Waals surface area contributed by atoms with E-state index in [1.807, 2.05) is 41.5 Å². The lowest BCUT2D eigenvalue weighted by Gasteiger charge is -2.28. The normalized spacial score (nSPS) is 16.3. The van der Waals surface area contributed by atoms with E-state index in [1.54, 1.807) is 23.1 Å². The van der Waals surface area contributed by atoms with Gasteiger partial charge in [0, 0.05) is 43.1 Å². The number of hydrogen-bond acceptors (Lipinski definition) is 8. The number of hydrogen-bond donors (Lipinski definition) is 3. The number of amides is 2. The van der Waals surface area contributed by atoms with Crippen LogP contribution in [0.1, 0.15) is 35.7 Å². The third kappa shape index (κ3) is 3.06. The average Bonchev–Trinajstić information content (AvgIpc) is 3.47. The maximum atomic E-state index is 12.2. The van der Waals surface area contributed by atoms with E-state index in [0.717, 1.165) is 22.8 Å². The Labute approximate surface area is 193 Å². The van der Waals surface area contributed by atoms with E-state index in [-0.39, 0.29) is 11.6 Å². The Morgan fingerprint density at radius 3 is 2.91 bits per heavy atom. The van der Waals surface area contributed by atoms with Crippen LogP contribution in [0.15, 0.2) is 36.8 Å². The van der Waals surface area contributed by atoms with Gasteiger partial charge in [-0.05, 0) is 31.5 Å². The minimum atomic E-state index is -0.558. The second-order valence-electron chi connectivity index (χ2n) is 8.94. The predicted molar refractivity (Wildman–Crippen MR) is 124 cm³/mol. The highest BCUT2D eigenvalue weighted by molar-refractivity contribution is 6.06. The molecule has 0 unspecified atom stereocenters. The van der Waals surface area contributed by atoms with Crippen molar-refractivity contribution in [1.29, 1.82) is 0 Å². The SMILES string of the molecule is CC1(C)C(=O)Nc2cc(Nc3nc4c(N5CCn6cc(C(N)=O)nc6C5)nccn4n3)ccc21. The summed E-state index contributed by atoms with van der Waals surface area (Å²) in [5.41, 5.74) is 8.17. The number of nitrogens with zero attached hydrogens (tertiary/aromatic N) is 7. The first-order valence-electron chi connectivity index (χ1n) is 10.8. The molecular formula is C22H22N10O2. The van der Waals surface area contributed by atoms with E-state index in [0.29, 0.717) is 37.0 Å². The van der Waals surface area contributed by atoms with Gasteiger partial charge in [0.25, 0.3) is 5.91 Å². The van der Waals surface area contributed by atoms with Crippen LogP contribution in [0.2, 0.25) is 0 Å². The van der Waals surface area contributed by atoms with Gasteiger partial charge < -0.3 is 25.8 Å². The average molecular weight is 458 g/mol. The molecule has 34 heavy (non-hydrogen) atoms. The van der Waals surface area contributed by atoms with Gasteiger partial charge in [-0.25, -0.2) is 14.5 Å². The fourth-order valence-corrected chi connectivity index (χ4v) is 4.43. The fraction of sp³-hybridized carbons (Fsp3) is 0.273. The number of imidazole rings is 1. The van der Waals surface area contributed by atoms with Crippen molar-refractivity contribution in [1.82, 2.24) is 29.1 Å². The maximum Gasteiger partial charge on any atom is 0.268 e. The number of anilines is 4. The van der Waals surface area contributed by atoms with Gasteiger partial charge in [0.1, 0.15) is 11.5 Å². The molecular weight excluding hydrogens is 436 g/mol. The zero-order valence-electron chi connectivity index (χ0n) is 18.6. The van der Waals surface area contributed by atoms with Crippen LogP contribution in [0.3, 0.4) is 0 Å². The van der Waals surface area contributed by atoms with Gasteiger partial charge in [-0.1, -0.05) is 6.07 Å². The highest BCUT2D eigenvalue weighted by Crippen LogP contribution is 2.39. The first-order valence-corrected chi connectivity index (χ1v) is 10.8. The molecule has 2 amide bonds. The standard InChI is InChI=1S/C22H22N10O2/c1-22(2)13-4-3-12(9-14(13)27-20(22)34)25-21-28-19-18(24-5-6-32(19)29-21)31-8-7-30-10-15(17(23)33)26-16(30)11-31/h3-6,9-10H,7-8,11H2,1-2H3,(H2,23,33)(H,25,29)(H,27,34). The molecule has 1 aromatic carbocycles. The van der Waals surface area contributed by atoms with Gasteiger partial charge in [0.15, 0.2) is 11.5 Å². The number of rotatable bonds is 4. The molecule has 0 radical (unpaired) electrons. The van der Waals surface area contributed by atoms with Crippen LogP contribution in [0.4, 0.5) is 23.1 Å². The van der Waals surface area contributed by atoms with E-state index < -0.39 is 11.3 Å². The number of carbonyl (C=O) groups excluding carboxylic acids is 2. The van der Waals surface area contributed by atoms with Crippen molar-refractivity contribution in [3.63, 3.8) is 0 Å². The summed E-state index contributed by atoms with van der Waals surface area (Å²) in [5.74, 6) is 1.25. The van der Waals surface area contributed by atoms with Crippen molar-refractivity contribution >= 4 is 40.6 Å². The molecule has 172 valence electrons. The van der Waals surface area contributed by atoms with Gasteiger partial charge in [-0.3, -0.25) is 9.59 Å². The minimum absolute atomic E-state index is 0.0219. The molecule has 2 aliphatic heterocycles. The number of benzene rings is 1. The van der Waals surface area contributed by atoms with Crippen molar-refractivity contribution in [2.75, 3.05) is 22.1 Å².